The summed E-state index contributed by atoms with van der Waals surface area (Å²) in [5.74, 6) is 0. The fraction of sp³-hybridized carbons (Fsp3) is 0.0270. The van der Waals surface area contributed by atoms with E-state index < -0.39 is 10.8 Å². The van der Waals surface area contributed by atoms with Crippen LogP contribution in [0, 0.1) is 0 Å². The van der Waals surface area contributed by atoms with Crippen molar-refractivity contribution in [2.45, 2.75) is 10.8 Å². The molecule has 1 unspecified atom stereocenters. The molecule has 0 saturated heterocycles. The van der Waals surface area contributed by atoms with Gasteiger partial charge in [0.05, 0.1) is 27.9 Å². The average Bonchev–Trinajstić information content (AvgIpc) is 4.20. The van der Waals surface area contributed by atoms with E-state index in [1.165, 1.54) is 89.3 Å². The van der Waals surface area contributed by atoms with Crippen LogP contribution in [0.25, 0.3) is 44.5 Å². The SMILES string of the molecule is c1ccc(-c2ccccc2N(c2ccc3c(c2)C(c2ccccc2)(c2ccccc2)c2ccccc2-3)c2ccc3c(c2)C2(c4ccccc4)c4ccccc4N(c4ccccc4)c4ccc(-c5ccccc5)c-3c42)cc1. The zero-order valence-corrected chi connectivity index (χ0v) is 41.8. The summed E-state index contributed by atoms with van der Waals surface area (Å²) in [5, 5.41) is 0. The van der Waals surface area contributed by atoms with Gasteiger partial charge in [0.2, 0.25) is 0 Å². The van der Waals surface area contributed by atoms with Gasteiger partial charge in [-0.05, 0) is 132 Å². The highest BCUT2D eigenvalue weighted by Gasteiger charge is 2.54. The lowest BCUT2D eigenvalue weighted by Gasteiger charge is -2.45. The van der Waals surface area contributed by atoms with E-state index in [9.17, 15) is 0 Å². The summed E-state index contributed by atoms with van der Waals surface area (Å²) < 4.78 is 0. The molecule has 12 aromatic rings. The Hall–Kier alpha value is -9.76. The third-order valence-corrected chi connectivity index (χ3v) is 16.5. The largest absolute Gasteiger partial charge is 0.310 e. The van der Waals surface area contributed by atoms with Crippen molar-refractivity contribution in [3.8, 4) is 44.5 Å². The number of benzene rings is 12. The second kappa shape index (κ2) is 17.4. The van der Waals surface area contributed by atoms with Gasteiger partial charge in [-0.3, -0.25) is 0 Å². The lowest BCUT2D eigenvalue weighted by Crippen LogP contribution is -2.36. The summed E-state index contributed by atoms with van der Waals surface area (Å²) in [6.07, 6.45) is 0. The first-order valence-corrected chi connectivity index (χ1v) is 26.4. The Morgan fingerprint density at radius 1 is 0.276 bits per heavy atom. The quantitative estimate of drug-likeness (QED) is 0.142. The molecule has 0 spiro atoms. The monoisotopic (exact) mass is 966 g/mol. The molecule has 356 valence electrons. The minimum absolute atomic E-state index is 0.577. The van der Waals surface area contributed by atoms with E-state index in [2.05, 4.69) is 313 Å². The predicted octanol–water partition coefficient (Wildman–Crippen LogP) is 19.0. The average molecular weight is 967 g/mol. The van der Waals surface area contributed by atoms with Crippen LogP contribution in [0.2, 0.25) is 0 Å². The predicted molar refractivity (Wildman–Crippen MR) is 315 cm³/mol. The second-order valence-corrected chi connectivity index (χ2v) is 20.3. The summed E-state index contributed by atoms with van der Waals surface area (Å²) in [6.45, 7) is 0. The zero-order chi connectivity index (χ0) is 50.2. The third kappa shape index (κ3) is 6.28. The minimum Gasteiger partial charge on any atom is -0.310 e. The highest BCUT2D eigenvalue weighted by atomic mass is 15.2. The van der Waals surface area contributed by atoms with Crippen LogP contribution >= 0.6 is 0 Å². The molecule has 0 fully saturated rings. The molecule has 1 heterocycles. The maximum Gasteiger partial charge on any atom is 0.0755 e. The van der Waals surface area contributed by atoms with Crippen LogP contribution in [0.5, 0.6) is 0 Å². The molecule has 0 N–H and O–H groups in total. The molecule has 0 aromatic heterocycles. The molecule has 2 heteroatoms. The van der Waals surface area contributed by atoms with Gasteiger partial charge < -0.3 is 9.80 Å². The Bertz CT molecular complexity index is 4120. The van der Waals surface area contributed by atoms with Crippen molar-refractivity contribution in [2.75, 3.05) is 9.80 Å². The van der Waals surface area contributed by atoms with Gasteiger partial charge in [-0.15, -0.1) is 0 Å². The van der Waals surface area contributed by atoms with Gasteiger partial charge in [0, 0.05) is 28.2 Å². The number of anilines is 6. The first-order chi connectivity index (χ1) is 37.7. The number of hydrogen-bond acceptors (Lipinski definition) is 2. The van der Waals surface area contributed by atoms with Gasteiger partial charge in [-0.25, -0.2) is 0 Å². The van der Waals surface area contributed by atoms with Crippen LogP contribution < -0.4 is 9.80 Å². The first kappa shape index (κ1) is 43.8. The normalized spacial score (nSPS) is 15.0. The number of nitrogens with zero attached hydrogens (tertiary/aromatic N) is 2. The number of para-hydroxylation sites is 3. The lowest BCUT2D eigenvalue weighted by atomic mass is 9.64. The van der Waals surface area contributed by atoms with Crippen molar-refractivity contribution >= 4 is 34.1 Å². The van der Waals surface area contributed by atoms with Gasteiger partial charge >= 0.3 is 0 Å². The van der Waals surface area contributed by atoms with Crippen molar-refractivity contribution in [3.63, 3.8) is 0 Å². The standard InChI is InChI=1S/C74H50N2/c1-7-25-51(26-8-1)59-37-20-23-41-68(59)75(57-43-45-62-61-38-19-21-39-64(61)73(66(62)49-57,53-29-11-3-12-30-53)54-31-13-4-14-32-54)58-44-46-63-67(50-58)74(55-33-15-5-16-34-55)65-40-22-24-42-69(65)76(56-35-17-6-18-36-56)70-48-47-60(71(63)72(70)74)52-27-9-2-10-28-52/h1-50H. The summed E-state index contributed by atoms with van der Waals surface area (Å²) >= 11 is 0. The fourth-order valence-corrected chi connectivity index (χ4v) is 13.6. The van der Waals surface area contributed by atoms with Crippen molar-refractivity contribution in [1.29, 1.82) is 0 Å². The van der Waals surface area contributed by atoms with Crippen molar-refractivity contribution < 1.29 is 0 Å². The van der Waals surface area contributed by atoms with E-state index in [4.69, 9.17) is 0 Å². The van der Waals surface area contributed by atoms with E-state index in [0.29, 0.717) is 0 Å². The van der Waals surface area contributed by atoms with E-state index in [0.717, 1.165) is 33.9 Å². The molecule has 0 bridgehead atoms. The van der Waals surface area contributed by atoms with Crippen LogP contribution in [-0.4, -0.2) is 0 Å². The zero-order valence-electron chi connectivity index (χ0n) is 41.8. The van der Waals surface area contributed by atoms with Gasteiger partial charge in [-0.1, -0.05) is 249 Å². The molecule has 12 aromatic carbocycles. The smallest absolute Gasteiger partial charge is 0.0755 e. The van der Waals surface area contributed by atoms with Crippen LogP contribution in [0.3, 0.4) is 0 Å². The molecule has 0 saturated carbocycles. The highest BCUT2D eigenvalue weighted by molar-refractivity contribution is 6.05. The molecule has 0 amide bonds. The van der Waals surface area contributed by atoms with Gasteiger partial charge in [0.15, 0.2) is 0 Å². The van der Waals surface area contributed by atoms with Crippen LogP contribution in [0.1, 0.15) is 44.5 Å². The van der Waals surface area contributed by atoms with Crippen LogP contribution in [-0.2, 0) is 10.8 Å². The highest BCUT2D eigenvalue weighted by Crippen LogP contribution is 2.67. The maximum atomic E-state index is 2.54. The van der Waals surface area contributed by atoms with E-state index in [1.807, 2.05) is 0 Å². The molecule has 2 aliphatic carbocycles. The maximum absolute atomic E-state index is 2.54. The molecule has 1 aliphatic heterocycles. The fourth-order valence-electron chi connectivity index (χ4n) is 13.6. The Kier molecular flexibility index (Phi) is 10.0. The topological polar surface area (TPSA) is 6.48 Å². The van der Waals surface area contributed by atoms with E-state index >= 15 is 0 Å². The Balaban J connectivity index is 1.05. The van der Waals surface area contributed by atoms with Crippen LogP contribution in [0.4, 0.5) is 34.1 Å². The first-order valence-electron chi connectivity index (χ1n) is 26.4. The van der Waals surface area contributed by atoms with Gasteiger partial charge in [0.25, 0.3) is 0 Å². The van der Waals surface area contributed by atoms with Crippen LogP contribution in [0.15, 0.2) is 303 Å². The molecule has 2 nitrogen and oxygen atoms in total. The lowest BCUT2D eigenvalue weighted by molar-refractivity contribution is 0.753. The molecule has 76 heavy (non-hydrogen) atoms. The van der Waals surface area contributed by atoms with E-state index in [1.54, 1.807) is 0 Å². The summed E-state index contributed by atoms with van der Waals surface area (Å²) in [7, 11) is 0. The number of rotatable bonds is 9. The molecule has 1 atom stereocenters. The summed E-state index contributed by atoms with van der Waals surface area (Å²) in [6, 6.07) is 113. The molecular formula is C74H50N2. The van der Waals surface area contributed by atoms with Crippen molar-refractivity contribution in [3.05, 3.63) is 348 Å². The summed E-state index contributed by atoms with van der Waals surface area (Å²) in [4.78, 5) is 5.03. The molecule has 15 rings (SSSR count). The number of hydrogen-bond donors (Lipinski definition) is 0. The van der Waals surface area contributed by atoms with E-state index in [-0.39, 0.29) is 0 Å². The van der Waals surface area contributed by atoms with Gasteiger partial charge in [-0.2, -0.15) is 0 Å². The Morgan fingerprint density at radius 2 is 0.711 bits per heavy atom. The Morgan fingerprint density at radius 3 is 1.33 bits per heavy atom. The number of fused-ring (bicyclic) bond motifs is 8. The molecule has 3 aliphatic rings. The third-order valence-electron chi connectivity index (χ3n) is 16.5. The van der Waals surface area contributed by atoms with Crippen molar-refractivity contribution in [2.24, 2.45) is 0 Å². The molecule has 0 radical (unpaired) electrons. The second-order valence-electron chi connectivity index (χ2n) is 20.3. The summed E-state index contributed by atoms with van der Waals surface area (Å²) in [5.41, 5.74) is 25.3. The Labute approximate surface area is 444 Å². The van der Waals surface area contributed by atoms with Gasteiger partial charge in [0.1, 0.15) is 0 Å². The van der Waals surface area contributed by atoms with Crippen molar-refractivity contribution in [1.82, 2.24) is 0 Å². The minimum atomic E-state index is -0.691. The molecular weight excluding hydrogens is 917 g/mol.